The Bertz CT molecular complexity index is 409. The third-order valence-corrected chi connectivity index (χ3v) is 3.43. The van der Waals surface area contributed by atoms with E-state index < -0.39 is 0 Å². The number of anilines is 2. The summed E-state index contributed by atoms with van der Waals surface area (Å²) in [6, 6.07) is 1.95. The molecule has 0 unspecified atom stereocenters. The first kappa shape index (κ1) is 15.0. The molecule has 2 N–H and O–H groups in total. The van der Waals surface area contributed by atoms with Crippen LogP contribution in [0.4, 0.5) is 11.6 Å². The van der Waals surface area contributed by atoms with Crippen LogP contribution in [0.2, 0.25) is 0 Å². The highest BCUT2D eigenvalue weighted by molar-refractivity contribution is 5.49. The first-order valence-corrected chi connectivity index (χ1v) is 7.12. The summed E-state index contributed by atoms with van der Waals surface area (Å²) in [6.07, 6.45) is 1.96. The highest BCUT2D eigenvalue weighted by Crippen LogP contribution is 2.25. The molecule has 1 aliphatic heterocycles. The van der Waals surface area contributed by atoms with Gasteiger partial charge in [0.25, 0.3) is 0 Å². The molecule has 2 rings (SSSR count). The van der Waals surface area contributed by atoms with Gasteiger partial charge in [-0.2, -0.15) is 0 Å². The molecule has 6 heteroatoms. The highest BCUT2D eigenvalue weighted by atomic mass is 16.5. The minimum absolute atomic E-state index is 0.0282. The number of nitrogens with zero attached hydrogens (tertiary/aromatic N) is 2. The molecule has 112 valence electrons. The SMILES string of the molecule is CCNc1cc(NC2(C)CCOCC2)nc(COC)n1. The Hall–Kier alpha value is -1.40. The Morgan fingerprint density at radius 1 is 1.30 bits per heavy atom. The van der Waals surface area contributed by atoms with Crippen LogP contribution in [0.3, 0.4) is 0 Å². The van der Waals surface area contributed by atoms with Crippen LogP contribution in [0.5, 0.6) is 0 Å². The lowest BCUT2D eigenvalue weighted by Gasteiger charge is -2.35. The third-order valence-electron chi connectivity index (χ3n) is 3.43. The van der Waals surface area contributed by atoms with E-state index in [1.165, 1.54) is 0 Å². The maximum atomic E-state index is 5.42. The summed E-state index contributed by atoms with van der Waals surface area (Å²) in [4.78, 5) is 8.93. The zero-order valence-electron chi connectivity index (χ0n) is 12.5. The van der Waals surface area contributed by atoms with Crippen LogP contribution in [0.25, 0.3) is 0 Å². The molecule has 0 spiro atoms. The van der Waals surface area contributed by atoms with Crippen LogP contribution in [0, 0.1) is 0 Å². The van der Waals surface area contributed by atoms with Crippen molar-refractivity contribution in [3.63, 3.8) is 0 Å². The van der Waals surface area contributed by atoms with Gasteiger partial charge in [0.05, 0.1) is 0 Å². The summed E-state index contributed by atoms with van der Waals surface area (Å²) in [5.74, 6) is 2.35. The minimum atomic E-state index is 0.0282. The number of nitrogens with one attached hydrogen (secondary N) is 2. The summed E-state index contributed by atoms with van der Waals surface area (Å²) in [5, 5.41) is 6.75. The van der Waals surface area contributed by atoms with Crippen molar-refractivity contribution < 1.29 is 9.47 Å². The largest absolute Gasteiger partial charge is 0.381 e. The van der Waals surface area contributed by atoms with Crippen molar-refractivity contribution in [1.29, 1.82) is 0 Å². The second-order valence-electron chi connectivity index (χ2n) is 5.32. The van der Waals surface area contributed by atoms with Gasteiger partial charge in [-0.15, -0.1) is 0 Å². The molecule has 0 radical (unpaired) electrons. The molecule has 0 amide bonds. The van der Waals surface area contributed by atoms with E-state index in [1.54, 1.807) is 7.11 Å². The van der Waals surface area contributed by atoms with E-state index in [0.29, 0.717) is 12.4 Å². The Kier molecular flexibility index (Phi) is 5.14. The number of hydrogen-bond acceptors (Lipinski definition) is 6. The summed E-state index contributed by atoms with van der Waals surface area (Å²) >= 11 is 0. The summed E-state index contributed by atoms with van der Waals surface area (Å²) in [6.45, 7) is 7.08. The molecule has 20 heavy (non-hydrogen) atoms. The van der Waals surface area contributed by atoms with E-state index >= 15 is 0 Å². The predicted octanol–water partition coefficient (Wildman–Crippen LogP) is 2.04. The van der Waals surface area contributed by atoms with Crippen LogP contribution in [-0.4, -0.2) is 42.4 Å². The van der Waals surface area contributed by atoms with Crippen LogP contribution in [-0.2, 0) is 16.1 Å². The van der Waals surface area contributed by atoms with E-state index in [9.17, 15) is 0 Å². The maximum Gasteiger partial charge on any atom is 0.158 e. The van der Waals surface area contributed by atoms with Crippen molar-refractivity contribution in [3.8, 4) is 0 Å². The molecular weight excluding hydrogens is 256 g/mol. The molecule has 0 atom stereocenters. The highest BCUT2D eigenvalue weighted by Gasteiger charge is 2.27. The molecule has 0 aromatic carbocycles. The number of methoxy groups -OCH3 is 1. The zero-order chi connectivity index (χ0) is 14.4. The van der Waals surface area contributed by atoms with Gasteiger partial charge >= 0.3 is 0 Å². The summed E-state index contributed by atoms with van der Waals surface area (Å²) in [5.41, 5.74) is 0.0282. The molecule has 2 heterocycles. The van der Waals surface area contributed by atoms with Crippen LogP contribution in [0.15, 0.2) is 6.07 Å². The van der Waals surface area contributed by atoms with Gasteiger partial charge in [0.15, 0.2) is 5.82 Å². The first-order valence-electron chi connectivity index (χ1n) is 7.12. The van der Waals surface area contributed by atoms with Crippen LogP contribution in [0.1, 0.15) is 32.5 Å². The molecule has 6 nitrogen and oxygen atoms in total. The fraction of sp³-hybridized carbons (Fsp3) is 0.714. The van der Waals surface area contributed by atoms with Crippen molar-refractivity contribution in [1.82, 2.24) is 9.97 Å². The van der Waals surface area contributed by atoms with Gasteiger partial charge < -0.3 is 20.1 Å². The van der Waals surface area contributed by atoms with Crippen molar-refractivity contribution in [2.45, 2.75) is 38.8 Å². The van der Waals surface area contributed by atoms with Crippen LogP contribution < -0.4 is 10.6 Å². The van der Waals surface area contributed by atoms with Gasteiger partial charge in [-0.1, -0.05) is 0 Å². The van der Waals surface area contributed by atoms with E-state index in [4.69, 9.17) is 9.47 Å². The minimum Gasteiger partial charge on any atom is -0.381 e. The molecule has 1 aliphatic rings. The lowest BCUT2D eigenvalue weighted by molar-refractivity contribution is 0.0657. The van der Waals surface area contributed by atoms with Gasteiger partial charge in [-0.3, -0.25) is 0 Å². The van der Waals surface area contributed by atoms with Gasteiger partial charge in [0, 0.05) is 38.5 Å². The Labute approximate surface area is 120 Å². The number of aromatic nitrogens is 2. The van der Waals surface area contributed by atoms with Crippen molar-refractivity contribution in [2.24, 2.45) is 0 Å². The number of ether oxygens (including phenoxy) is 2. The molecule has 0 bridgehead atoms. The zero-order valence-corrected chi connectivity index (χ0v) is 12.5. The lowest BCUT2D eigenvalue weighted by Crippen LogP contribution is -2.41. The maximum absolute atomic E-state index is 5.42. The van der Waals surface area contributed by atoms with Gasteiger partial charge in [-0.25, -0.2) is 9.97 Å². The molecule has 1 fully saturated rings. The molecule has 0 saturated carbocycles. The van der Waals surface area contributed by atoms with E-state index in [-0.39, 0.29) is 5.54 Å². The van der Waals surface area contributed by atoms with Gasteiger partial charge in [0.2, 0.25) is 0 Å². The summed E-state index contributed by atoms with van der Waals surface area (Å²) < 4.78 is 10.6. The average molecular weight is 280 g/mol. The monoisotopic (exact) mass is 280 g/mol. The number of rotatable bonds is 6. The normalized spacial score (nSPS) is 17.8. The van der Waals surface area contributed by atoms with Crippen LogP contribution >= 0.6 is 0 Å². The quantitative estimate of drug-likeness (QED) is 0.831. The topological polar surface area (TPSA) is 68.3 Å². The van der Waals surface area contributed by atoms with Gasteiger partial charge in [0.1, 0.15) is 18.2 Å². The smallest absolute Gasteiger partial charge is 0.158 e. The average Bonchev–Trinajstić information content (AvgIpc) is 2.39. The van der Waals surface area contributed by atoms with E-state index in [2.05, 4.69) is 27.5 Å². The molecule has 1 saturated heterocycles. The Morgan fingerprint density at radius 2 is 2.00 bits per heavy atom. The van der Waals surface area contributed by atoms with E-state index in [0.717, 1.165) is 44.2 Å². The van der Waals surface area contributed by atoms with Gasteiger partial charge in [-0.05, 0) is 26.7 Å². The van der Waals surface area contributed by atoms with Crippen molar-refractivity contribution >= 4 is 11.6 Å². The molecule has 1 aromatic rings. The summed E-state index contributed by atoms with van der Waals surface area (Å²) in [7, 11) is 1.65. The standard InChI is InChI=1S/C14H24N4O2/c1-4-15-11-9-12(17-13(16-11)10-19-3)18-14(2)5-7-20-8-6-14/h9H,4-8,10H2,1-3H3,(H2,15,16,17,18). The molecular formula is C14H24N4O2. The lowest BCUT2D eigenvalue weighted by atomic mass is 9.92. The molecule has 1 aromatic heterocycles. The van der Waals surface area contributed by atoms with Crippen molar-refractivity contribution in [2.75, 3.05) is 37.5 Å². The fourth-order valence-corrected chi connectivity index (χ4v) is 2.28. The number of hydrogen-bond donors (Lipinski definition) is 2. The Balaban J connectivity index is 2.16. The second-order valence-corrected chi connectivity index (χ2v) is 5.32. The third kappa shape index (κ3) is 4.05. The molecule has 0 aliphatic carbocycles. The Morgan fingerprint density at radius 3 is 2.65 bits per heavy atom. The van der Waals surface area contributed by atoms with Crippen molar-refractivity contribution in [3.05, 3.63) is 11.9 Å². The predicted molar refractivity (Wildman–Crippen MR) is 79.0 cm³/mol. The van der Waals surface area contributed by atoms with E-state index in [1.807, 2.05) is 13.0 Å². The second kappa shape index (κ2) is 6.85. The fourth-order valence-electron chi connectivity index (χ4n) is 2.28. The first-order chi connectivity index (χ1) is 9.65.